The van der Waals surface area contributed by atoms with Crippen molar-refractivity contribution in [1.29, 1.82) is 0 Å². The highest BCUT2D eigenvalue weighted by Gasteiger charge is 2.46. The number of hydrogen-bond acceptors (Lipinski definition) is 4. The maximum absolute atomic E-state index is 13.3. The molecule has 0 aliphatic carbocycles. The molecular formula is C33H38Cl2N2O3S. The summed E-state index contributed by atoms with van der Waals surface area (Å²) in [7, 11) is -3.34. The Morgan fingerprint density at radius 3 is 2.29 bits per heavy atom. The summed E-state index contributed by atoms with van der Waals surface area (Å²) in [5, 5.41) is 1.02. The standard InChI is InChI=1S/C33H38Cl2N2O3S/c1-23-16-24(2)18-25(17-23)19-28(38)20-27(26-8-9-30(34)31(35)21-26)10-13-36-14-11-33(12-15-36)22-37(41(3,39)40)32-7-5-4-6-29(32)33/h4-9,16-18,21,27H,10-15,19-20,22H2,1-3H3/t27-/m1/s1. The molecule has 1 spiro atoms. The Labute approximate surface area is 254 Å². The van der Waals surface area contributed by atoms with E-state index < -0.39 is 10.0 Å². The van der Waals surface area contributed by atoms with Crippen molar-refractivity contribution in [2.24, 2.45) is 0 Å². The molecule has 0 saturated carbocycles. The number of fused-ring (bicyclic) bond motifs is 2. The van der Waals surface area contributed by atoms with Crippen molar-refractivity contribution in [2.75, 3.05) is 36.7 Å². The monoisotopic (exact) mass is 612 g/mol. The van der Waals surface area contributed by atoms with E-state index in [1.807, 2.05) is 36.4 Å². The highest BCUT2D eigenvalue weighted by Crippen LogP contribution is 2.48. The fourth-order valence-corrected chi connectivity index (χ4v) is 8.05. The molecule has 1 fully saturated rings. The smallest absolute Gasteiger partial charge is 0.232 e. The van der Waals surface area contributed by atoms with E-state index in [-0.39, 0.29) is 17.1 Å². The summed E-state index contributed by atoms with van der Waals surface area (Å²) < 4.78 is 26.7. The average Bonchev–Trinajstić information content (AvgIpc) is 3.23. The number of aryl methyl sites for hydroxylation is 2. The van der Waals surface area contributed by atoms with Crippen molar-refractivity contribution < 1.29 is 13.2 Å². The fraction of sp³-hybridized carbons (Fsp3) is 0.424. The summed E-state index contributed by atoms with van der Waals surface area (Å²) in [6.45, 7) is 7.26. The lowest BCUT2D eigenvalue weighted by Gasteiger charge is -2.40. The van der Waals surface area contributed by atoms with Crippen molar-refractivity contribution in [3.63, 3.8) is 0 Å². The van der Waals surface area contributed by atoms with Crippen LogP contribution in [0.15, 0.2) is 60.7 Å². The zero-order valence-corrected chi connectivity index (χ0v) is 26.3. The lowest BCUT2D eigenvalue weighted by Crippen LogP contribution is -2.46. The van der Waals surface area contributed by atoms with Gasteiger partial charge in [-0.15, -0.1) is 0 Å². The van der Waals surface area contributed by atoms with Crippen LogP contribution < -0.4 is 4.31 Å². The maximum Gasteiger partial charge on any atom is 0.232 e. The van der Waals surface area contributed by atoms with Gasteiger partial charge >= 0.3 is 0 Å². The van der Waals surface area contributed by atoms with Crippen molar-refractivity contribution in [3.8, 4) is 0 Å². The molecule has 1 atom stereocenters. The van der Waals surface area contributed by atoms with Crippen LogP contribution in [0.4, 0.5) is 5.69 Å². The number of para-hydroxylation sites is 1. The summed E-state index contributed by atoms with van der Waals surface area (Å²) >= 11 is 12.6. The van der Waals surface area contributed by atoms with Crippen LogP contribution in [-0.4, -0.2) is 51.5 Å². The molecule has 1 saturated heterocycles. The van der Waals surface area contributed by atoms with E-state index in [0.29, 0.717) is 29.4 Å². The second-order valence-electron chi connectivity index (χ2n) is 12.0. The second kappa shape index (κ2) is 12.1. The van der Waals surface area contributed by atoms with E-state index in [9.17, 15) is 13.2 Å². The third-order valence-electron chi connectivity index (χ3n) is 8.77. The minimum atomic E-state index is -3.34. The Kier molecular flexibility index (Phi) is 8.87. The Hall–Kier alpha value is -2.38. The van der Waals surface area contributed by atoms with Crippen molar-refractivity contribution in [3.05, 3.63) is 98.5 Å². The van der Waals surface area contributed by atoms with E-state index >= 15 is 0 Å². The van der Waals surface area contributed by atoms with Gasteiger partial charge in [-0.05, 0) is 93.6 Å². The number of likely N-dealkylation sites (tertiary alicyclic amines) is 1. The third kappa shape index (κ3) is 6.83. The molecule has 0 N–H and O–H groups in total. The first-order chi connectivity index (χ1) is 19.4. The number of nitrogens with zero attached hydrogens (tertiary/aromatic N) is 2. The van der Waals surface area contributed by atoms with Crippen molar-refractivity contribution in [2.45, 2.75) is 57.3 Å². The first-order valence-electron chi connectivity index (χ1n) is 14.3. The van der Waals surface area contributed by atoms with Crippen LogP contribution in [0.25, 0.3) is 0 Å². The fourth-order valence-electron chi connectivity index (χ4n) is 6.75. The van der Waals surface area contributed by atoms with Gasteiger partial charge in [-0.1, -0.05) is 76.8 Å². The van der Waals surface area contributed by atoms with Crippen LogP contribution >= 0.6 is 23.2 Å². The lowest BCUT2D eigenvalue weighted by atomic mass is 9.74. The first-order valence-corrected chi connectivity index (χ1v) is 16.9. The molecule has 2 heterocycles. The van der Waals surface area contributed by atoms with Gasteiger partial charge in [0.1, 0.15) is 5.78 Å². The number of ketones is 1. The number of carbonyl (C=O) groups excluding carboxylic acids is 1. The van der Waals surface area contributed by atoms with E-state index in [4.69, 9.17) is 23.2 Å². The lowest BCUT2D eigenvalue weighted by molar-refractivity contribution is -0.118. The van der Waals surface area contributed by atoms with E-state index in [1.54, 1.807) is 4.31 Å². The zero-order valence-electron chi connectivity index (χ0n) is 24.0. The quantitative estimate of drug-likeness (QED) is 0.259. The minimum absolute atomic E-state index is 0.0343. The van der Waals surface area contributed by atoms with Crippen LogP contribution in [0.1, 0.15) is 59.4 Å². The molecule has 218 valence electrons. The molecule has 3 aromatic carbocycles. The number of Topliss-reactive ketones (excluding diaryl/α,β-unsaturated/α-hetero) is 1. The van der Waals surface area contributed by atoms with E-state index in [1.165, 1.54) is 17.4 Å². The van der Waals surface area contributed by atoms with Gasteiger partial charge in [0.25, 0.3) is 0 Å². The molecule has 2 aliphatic heterocycles. The van der Waals surface area contributed by atoms with Crippen LogP contribution in [0.5, 0.6) is 0 Å². The zero-order chi connectivity index (χ0) is 29.4. The predicted molar refractivity (Wildman–Crippen MR) is 169 cm³/mol. The third-order valence-corrected chi connectivity index (χ3v) is 10.6. The predicted octanol–water partition coefficient (Wildman–Crippen LogP) is 7.10. The number of sulfonamides is 1. The Morgan fingerprint density at radius 1 is 0.951 bits per heavy atom. The first kappa shape index (κ1) is 30.1. The van der Waals surface area contributed by atoms with E-state index in [2.05, 4.69) is 43.0 Å². The number of halogens is 2. The highest BCUT2D eigenvalue weighted by molar-refractivity contribution is 7.92. The molecule has 5 rings (SSSR count). The molecule has 0 aromatic heterocycles. The van der Waals surface area contributed by atoms with Crippen LogP contribution in [0.2, 0.25) is 10.0 Å². The van der Waals surface area contributed by atoms with Gasteiger partial charge in [0.05, 0.1) is 22.0 Å². The molecule has 0 bridgehead atoms. The molecule has 8 heteroatoms. The Balaban J connectivity index is 1.27. The average molecular weight is 614 g/mol. The van der Waals surface area contributed by atoms with Crippen molar-refractivity contribution >= 4 is 44.7 Å². The highest BCUT2D eigenvalue weighted by atomic mass is 35.5. The van der Waals surface area contributed by atoms with Crippen LogP contribution in [0, 0.1) is 13.8 Å². The molecule has 0 amide bonds. The molecule has 3 aromatic rings. The molecule has 2 aliphatic rings. The van der Waals surface area contributed by atoms with Gasteiger partial charge in [0.2, 0.25) is 10.0 Å². The van der Waals surface area contributed by atoms with Crippen molar-refractivity contribution in [1.82, 2.24) is 4.90 Å². The number of piperidine rings is 1. The normalized spacial score (nSPS) is 17.5. The summed E-state index contributed by atoms with van der Waals surface area (Å²) in [5.41, 5.74) is 6.25. The van der Waals surface area contributed by atoms with Crippen LogP contribution in [0.3, 0.4) is 0 Å². The summed E-state index contributed by atoms with van der Waals surface area (Å²) in [4.78, 5) is 15.7. The second-order valence-corrected chi connectivity index (χ2v) is 14.7. The van der Waals surface area contributed by atoms with Crippen LogP contribution in [-0.2, 0) is 26.7 Å². The number of benzene rings is 3. The topological polar surface area (TPSA) is 57.7 Å². The Morgan fingerprint density at radius 2 is 1.63 bits per heavy atom. The molecule has 5 nitrogen and oxygen atoms in total. The van der Waals surface area contributed by atoms with Gasteiger partial charge < -0.3 is 4.90 Å². The summed E-state index contributed by atoms with van der Waals surface area (Å²) in [6, 6.07) is 20.0. The SMILES string of the molecule is Cc1cc(C)cc(CC(=O)C[C@@H](CCN2CCC3(CC2)CN(S(C)(=O)=O)c2ccccc23)c2ccc(Cl)c(Cl)c2)c1. The van der Waals surface area contributed by atoms with Gasteiger partial charge in [-0.2, -0.15) is 0 Å². The van der Waals surface area contributed by atoms with Gasteiger partial charge in [0.15, 0.2) is 0 Å². The Bertz CT molecular complexity index is 1530. The molecule has 0 radical (unpaired) electrons. The largest absolute Gasteiger partial charge is 0.303 e. The van der Waals surface area contributed by atoms with Gasteiger partial charge in [-0.3, -0.25) is 9.10 Å². The molecule has 0 unspecified atom stereocenters. The number of hydrogen-bond donors (Lipinski definition) is 0. The van der Waals surface area contributed by atoms with E-state index in [0.717, 1.165) is 61.3 Å². The number of rotatable bonds is 9. The van der Waals surface area contributed by atoms with Gasteiger partial charge in [0, 0.05) is 24.8 Å². The molecule has 41 heavy (non-hydrogen) atoms. The summed E-state index contributed by atoms with van der Waals surface area (Å²) in [5.74, 6) is 0.249. The number of anilines is 1. The maximum atomic E-state index is 13.3. The number of carbonyl (C=O) groups is 1. The summed E-state index contributed by atoms with van der Waals surface area (Å²) in [6.07, 6.45) is 4.79. The minimum Gasteiger partial charge on any atom is -0.303 e. The molecular weight excluding hydrogens is 575 g/mol. The van der Waals surface area contributed by atoms with Gasteiger partial charge in [-0.25, -0.2) is 8.42 Å².